The molecule has 0 amide bonds. The van der Waals surface area contributed by atoms with E-state index in [0.717, 1.165) is 16.5 Å². The average molecular weight is 389 g/mol. The van der Waals surface area contributed by atoms with Crippen LogP contribution in [0.5, 0.6) is 0 Å². The van der Waals surface area contributed by atoms with Gasteiger partial charge in [0.1, 0.15) is 0 Å². The smallest absolute Gasteiger partial charge is 0.191 e. The van der Waals surface area contributed by atoms with Crippen LogP contribution in [-0.2, 0) is 7.05 Å². The molecule has 0 saturated carbocycles. The number of nitriles is 1. The van der Waals surface area contributed by atoms with E-state index in [1.807, 2.05) is 36.7 Å². The Labute approximate surface area is 165 Å². The second-order valence-electron chi connectivity index (χ2n) is 5.96. The maximum atomic E-state index is 9.04. The molecule has 0 N–H and O–H groups in total. The van der Waals surface area contributed by atoms with Gasteiger partial charge in [-0.25, -0.2) is 0 Å². The molecule has 3 aromatic heterocycles. The van der Waals surface area contributed by atoms with E-state index in [1.165, 1.54) is 16.6 Å². The Morgan fingerprint density at radius 3 is 2.71 bits per heavy atom. The first-order chi connectivity index (χ1) is 13.7. The summed E-state index contributed by atoms with van der Waals surface area (Å²) in [6, 6.07) is 13.0. The number of nitrogens with zero attached hydrogens (tertiary/aromatic N) is 9. The molecule has 0 aliphatic carbocycles. The summed E-state index contributed by atoms with van der Waals surface area (Å²) in [6.07, 6.45) is 3.45. The van der Waals surface area contributed by atoms with Gasteiger partial charge in [0, 0.05) is 25.0 Å². The van der Waals surface area contributed by atoms with Gasteiger partial charge >= 0.3 is 0 Å². The van der Waals surface area contributed by atoms with E-state index < -0.39 is 0 Å². The van der Waals surface area contributed by atoms with Crippen LogP contribution in [-0.4, -0.2) is 40.0 Å². The molecule has 0 saturated heterocycles. The summed E-state index contributed by atoms with van der Waals surface area (Å²) in [6.45, 7) is 1.98. The van der Waals surface area contributed by atoms with E-state index in [9.17, 15) is 0 Å². The van der Waals surface area contributed by atoms with Gasteiger partial charge < -0.3 is 4.57 Å². The Hall–Kier alpha value is -3.58. The summed E-state index contributed by atoms with van der Waals surface area (Å²) in [7, 11) is 1.92. The summed E-state index contributed by atoms with van der Waals surface area (Å²) in [5.74, 6) is 1.34. The molecule has 0 bridgehead atoms. The molecule has 0 spiro atoms. The van der Waals surface area contributed by atoms with Crippen LogP contribution >= 0.6 is 11.8 Å². The van der Waals surface area contributed by atoms with Crippen molar-refractivity contribution in [3.8, 4) is 23.1 Å². The highest BCUT2D eigenvalue weighted by molar-refractivity contribution is 7.99. The zero-order valence-corrected chi connectivity index (χ0v) is 15.9. The summed E-state index contributed by atoms with van der Waals surface area (Å²) in [4.78, 5) is 5.45. The fraction of sp³-hybridized carbons (Fsp3) is 0.167. The Bertz CT molecular complexity index is 1140. The largest absolute Gasteiger partial charge is 0.305 e. The maximum absolute atomic E-state index is 9.04. The molecule has 3 heterocycles. The Balaban J connectivity index is 1.54. The van der Waals surface area contributed by atoms with Crippen LogP contribution in [0.2, 0.25) is 0 Å². The van der Waals surface area contributed by atoms with Gasteiger partial charge in [0.25, 0.3) is 0 Å². The van der Waals surface area contributed by atoms with E-state index in [4.69, 9.17) is 5.26 Å². The molecular weight excluding hydrogens is 374 g/mol. The fourth-order valence-electron chi connectivity index (χ4n) is 2.58. The van der Waals surface area contributed by atoms with Gasteiger partial charge in [0.15, 0.2) is 16.8 Å². The number of hydrogen-bond acceptors (Lipinski definition) is 8. The molecule has 28 heavy (non-hydrogen) atoms. The van der Waals surface area contributed by atoms with Gasteiger partial charge in [0.2, 0.25) is 0 Å². The van der Waals surface area contributed by atoms with Crippen LogP contribution in [0.15, 0.2) is 53.9 Å². The molecule has 4 rings (SSSR count). The van der Waals surface area contributed by atoms with E-state index >= 15 is 0 Å². The lowest BCUT2D eigenvalue weighted by atomic mass is 10.2. The molecule has 1 unspecified atom stereocenters. The minimum absolute atomic E-state index is 0.0823. The highest BCUT2D eigenvalue weighted by Crippen LogP contribution is 2.33. The van der Waals surface area contributed by atoms with Crippen molar-refractivity contribution in [3.05, 3.63) is 60.2 Å². The zero-order valence-electron chi connectivity index (χ0n) is 15.1. The minimum atomic E-state index is -0.0823. The van der Waals surface area contributed by atoms with E-state index in [2.05, 4.69) is 36.7 Å². The predicted octanol–water partition coefficient (Wildman–Crippen LogP) is 2.58. The molecule has 0 radical (unpaired) electrons. The quantitative estimate of drug-likeness (QED) is 0.479. The lowest BCUT2D eigenvalue weighted by Gasteiger charge is -2.07. The normalized spacial score (nSPS) is 11.9. The first kappa shape index (κ1) is 17.8. The number of hydrogen-bond donors (Lipinski definition) is 0. The molecule has 0 aliphatic heterocycles. The molecule has 4 aromatic rings. The molecule has 138 valence electrons. The van der Waals surface area contributed by atoms with Crippen LogP contribution in [0.1, 0.15) is 23.6 Å². The van der Waals surface area contributed by atoms with Gasteiger partial charge in [-0.05, 0) is 42.5 Å². The standard InChI is InChI=1S/C18H15N9S/c1-12(16-21-25-27(24-16)15-5-3-4-13(10-15)11-19)28-18-23-22-17(26(18)2)14-6-8-20-9-7-14/h3-10,12H,1-2H3. The van der Waals surface area contributed by atoms with E-state index in [0.29, 0.717) is 17.1 Å². The SMILES string of the molecule is CC(Sc1nnc(-c2ccncc2)n1C)c1nnn(-c2cccc(C#N)c2)n1. The molecule has 1 aromatic carbocycles. The van der Waals surface area contributed by atoms with Crippen molar-refractivity contribution in [2.75, 3.05) is 0 Å². The number of aromatic nitrogens is 8. The summed E-state index contributed by atoms with van der Waals surface area (Å²) < 4.78 is 1.93. The topological polar surface area (TPSA) is 111 Å². The molecule has 0 fully saturated rings. The highest BCUT2D eigenvalue weighted by atomic mass is 32.2. The van der Waals surface area contributed by atoms with Gasteiger partial charge in [-0.3, -0.25) is 4.98 Å². The van der Waals surface area contributed by atoms with Crippen LogP contribution in [0.4, 0.5) is 0 Å². The number of benzene rings is 1. The first-order valence-corrected chi connectivity index (χ1v) is 9.30. The van der Waals surface area contributed by atoms with Gasteiger partial charge in [-0.2, -0.15) is 5.26 Å². The van der Waals surface area contributed by atoms with Crippen molar-refractivity contribution in [2.24, 2.45) is 7.05 Å². The second kappa shape index (κ2) is 7.58. The van der Waals surface area contributed by atoms with Gasteiger partial charge in [-0.15, -0.1) is 25.2 Å². The molecule has 0 aliphatic rings. The highest BCUT2D eigenvalue weighted by Gasteiger charge is 2.19. The monoisotopic (exact) mass is 389 g/mol. The lowest BCUT2D eigenvalue weighted by molar-refractivity contribution is 0.717. The lowest BCUT2D eigenvalue weighted by Crippen LogP contribution is -2.01. The minimum Gasteiger partial charge on any atom is -0.305 e. The summed E-state index contributed by atoms with van der Waals surface area (Å²) >= 11 is 1.50. The summed E-state index contributed by atoms with van der Waals surface area (Å²) in [5, 5.41) is 31.0. The third kappa shape index (κ3) is 3.47. The number of tetrazole rings is 1. The van der Waals surface area contributed by atoms with Crippen molar-refractivity contribution in [2.45, 2.75) is 17.3 Å². The first-order valence-electron chi connectivity index (χ1n) is 8.42. The zero-order chi connectivity index (χ0) is 19.5. The number of rotatable bonds is 5. The number of thioether (sulfide) groups is 1. The Kier molecular flexibility index (Phi) is 4.82. The Morgan fingerprint density at radius 1 is 1.11 bits per heavy atom. The van der Waals surface area contributed by atoms with Crippen molar-refractivity contribution in [1.82, 2.24) is 40.0 Å². The van der Waals surface area contributed by atoms with Crippen molar-refractivity contribution >= 4 is 11.8 Å². The molecule has 9 nitrogen and oxygen atoms in total. The van der Waals surface area contributed by atoms with Gasteiger partial charge in [0.05, 0.1) is 22.6 Å². The van der Waals surface area contributed by atoms with Crippen LogP contribution in [0.25, 0.3) is 17.1 Å². The van der Waals surface area contributed by atoms with Crippen LogP contribution in [0.3, 0.4) is 0 Å². The molecule has 10 heteroatoms. The van der Waals surface area contributed by atoms with Crippen molar-refractivity contribution in [3.63, 3.8) is 0 Å². The van der Waals surface area contributed by atoms with Crippen LogP contribution < -0.4 is 0 Å². The van der Waals surface area contributed by atoms with E-state index in [-0.39, 0.29) is 5.25 Å². The van der Waals surface area contributed by atoms with Crippen molar-refractivity contribution in [1.29, 1.82) is 5.26 Å². The molecular formula is C18H15N9S. The van der Waals surface area contributed by atoms with E-state index in [1.54, 1.807) is 30.6 Å². The Morgan fingerprint density at radius 2 is 1.93 bits per heavy atom. The average Bonchev–Trinajstić information content (AvgIpc) is 3.37. The van der Waals surface area contributed by atoms with Crippen LogP contribution in [0, 0.1) is 11.3 Å². The third-order valence-electron chi connectivity index (χ3n) is 4.05. The summed E-state index contributed by atoms with van der Waals surface area (Å²) in [5.41, 5.74) is 2.18. The predicted molar refractivity (Wildman–Crippen MR) is 102 cm³/mol. The van der Waals surface area contributed by atoms with Gasteiger partial charge in [-0.1, -0.05) is 17.8 Å². The molecule has 1 atom stereocenters. The second-order valence-corrected chi connectivity index (χ2v) is 7.27. The van der Waals surface area contributed by atoms with Crippen molar-refractivity contribution < 1.29 is 0 Å². The fourth-order valence-corrected chi connectivity index (χ4v) is 3.43. The third-order valence-corrected chi connectivity index (χ3v) is 5.19. The maximum Gasteiger partial charge on any atom is 0.191 e. The number of pyridine rings is 1.